The van der Waals surface area contributed by atoms with E-state index in [4.69, 9.17) is 0 Å². The predicted molar refractivity (Wildman–Crippen MR) is 111 cm³/mol. The molecule has 0 aliphatic rings. The van der Waals surface area contributed by atoms with Gasteiger partial charge in [0.2, 0.25) is 0 Å². The van der Waals surface area contributed by atoms with Gasteiger partial charge in [0, 0.05) is 30.4 Å². The van der Waals surface area contributed by atoms with E-state index in [1.807, 2.05) is 13.8 Å². The van der Waals surface area contributed by atoms with Crippen molar-refractivity contribution in [3.05, 3.63) is 53.3 Å². The lowest BCUT2D eigenvalue weighted by Gasteiger charge is -2.27. The predicted octanol–water partition coefficient (Wildman–Crippen LogP) is 6.41. The van der Waals surface area contributed by atoms with Gasteiger partial charge in [-0.3, -0.25) is 4.99 Å². The van der Waals surface area contributed by atoms with Gasteiger partial charge in [0.1, 0.15) is 5.82 Å². The van der Waals surface area contributed by atoms with Gasteiger partial charge in [-0.15, -0.1) is 0 Å². The minimum absolute atomic E-state index is 0.0594. The summed E-state index contributed by atoms with van der Waals surface area (Å²) in [6.45, 7) is 4.87. The number of fused-ring (bicyclic) bond motifs is 1. The molecule has 3 aromatic rings. The first-order chi connectivity index (χ1) is 14.3. The van der Waals surface area contributed by atoms with Crippen molar-refractivity contribution in [1.29, 1.82) is 0 Å². The third-order valence-corrected chi connectivity index (χ3v) is 4.75. The number of nitrogens with one attached hydrogen (secondary N) is 1. The molecule has 0 amide bonds. The average molecular weight is 421 g/mol. The van der Waals surface area contributed by atoms with Crippen LogP contribution in [-0.4, -0.2) is 29.4 Å². The van der Waals surface area contributed by atoms with Gasteiger partial charge in [-0.1, -0.05) is 19.9 Å². The molecule has 2 N–H and O–H groups in total. The fraction of sp³-hybridized carbons (Fsp3) is 0.318. The number of hydrogen-bond acceptors (Lipinski definition) is 3. The molecule has 160 valence electrons. The highest BCUT2D eigenvalue weighted by Crippen LogP contribution is 2.39. The molecule has 0 aliphatic heterocycles. The topological polar surface area (TPSA) is 51.6 Å². The second-order valence-corrected chi connectivity index (χ2v) is 6.99. The van der Waals surface area contributed by atoms with Crippen molar-refractivity contribution in [3.63, 3.8) is 0 Å². The molecule has 0 radical (unpaired) electrons. The summed E-state index contributed by atoms with van der Waals surface area (Å²) in [5.74, 6) is -0.866. The van der Waals surface area contributed by atoms with E-state index < -0.39 is 17.6 Å². The number of H-pyrrole nitrogens is 1. The third kappa shape index (κ3) is 4.42. The molecule has 0 fully saturated rings. The molecule has 0 saturated carbocycles. The standard InChI is InChI=1S/C22H23F4N3O/c1-3-10-29(11-4-2)19-9-8-14(12-16(19)22(24,25)26)27-13-15-20-17(23)6-5-7-18(20)28-21(15)30/h5-9,12-13,28,30H,3-4,10-11H2,1-2H3. The molecule has 2 aromatic carbocycles. The van der Waals surface area contributed by atoms with Gasteiger partial charge in [-0.2, -0.15) is 13.2 Å². The summed E-state index contributed by atoms with van der Waals surface area (Å²) in [5, 5.41) is 10.2. The van der Waals surface area contributed by atoms with E-state index in [0.717, 1.165) is 18.9 Å². The molecule has 3 rings (SSSR count). The minimum atomic E-state index is -4.55. The number of anilines is 1. The van der Waals surface area contributed by atoms with Crippen molar-refractivity contribution < 1.29 is 22.7 Å². The van der Waals surface area contributed by atoms with Crippen LogP contribution in [0, 0.1) is 5.82 Å². The highest BCUT2D eigenvalue weighted by molar-refractivity contribution is 6.02. The Bertz CT molecular complexity index is 1050. The highest BCUT2D eigenvalue weighted by Gasteiger charge is 2.35. The van der Waals surface area contributed by atoms with Crippen LogP contribution in [0.4, 0.5) is 28.9 Å². The smallest absolute Gasteiger partial charge is 0.418 e. The Morgan fingerprint density at radius 3 is 2.43 bits per heavy atom. The lowest BCUT2D eigenvalue weighted by molar-refractivity contribution is -0.137. The van der Waals surface area contributed by atoms with E-state index in [1.54, 1.807) is 11.0 Å². The molecule has 0 atom stereocenters. The maximum absolute atomic E-state index is 14.1. The van der Waals surface area contributed by atoms with Crippen LogP contribution in [0.5, 0.6) is 5.88 Å². The number of aromatic amines is 1. The van der Waals surface area contributed by atoms with E-state index in [1.165, 1.54) is 30.5 Å². The Balaban J connectivity index is 2.03. The first-order valence-corrected chi connectivity index (χ1v) is 9.75. The summed E-state index contributed by atoms with van der Waals surface area (Å²) in [7, 11) is 0. The normalized spacial score (nSPS) is 12.2. The van der Waals surface area contributed by atoms with Crippen molar-refractivity contribution in [1.82, 2.24) is 4.98 Å². The molecule has 0 unspecified atom stereocenters. The Hall–Kier alpha value is -3.03. The molecular weight excluding hydrogens is 398 g/mol. The average Bonchev–Trinajstić information content (AvgIpc) is 3.02. The fourth-order valence-electron chi connectivity index (χ4n) is 3.48. The molecular formula is C22H23F4N3O. The Kier molecular flexibility index (Phi) is 6.34. The van der Waals surface area contributed by atoms with Crippen molar-refractivity contribution in [2.24, 2.45) is 4.99 Å². The SMILES string of the molecule is CCCN(CCC)c1ccc(N=Cc2c(O)[nH]c3cccc(F)c23)cc1C(F)(F)F. The van der Waals surface area contributed by atoms with Gasteiger partial charge < -0.3 is 15.0 Å². The van der Waals surface area contributed by atoms with Gasteiger partial charge in [0.15, 0.2) is 5.88 Å². The van der Waals surface area contributed by atoms with E-state index in [2.05, 4.69) is 9.98 Å². The Morgan fingerprint density at radius 1 is 1.10 bits per heavy atom. The summed E-state index contributed by atoms with van der Waals surface area (Å²) < 4.78 is 55.4. The second-order valence-electron chi connectivity index (χ2n) is 6.99. The zero-order valence-corrected chi connectivity index (χ0v) is 16.7. The van der Waals surface area contributed by atoms with E-state index in [9.17, 15) is 22.7 Å². The summed E-state index contributed by atoms with van der Waals surface area (Å²) >= 11 is 0. The summed E-state index contributed by atoms with van der Waals surface area (Å²) in [4.78, 5) is 8.43. The largest absolute Gasteiger partial charge is 0.494 e. The van der Waals surface area contributed by atoms with Crippen molar-refractivity contribution >= 4 is 28.5 Å². The first-order valence-electron chi connectivity index (χ1n) is 9.75. The van der Waals surface area contributed by atoms with Crippen molar-refractivity contribution in [2.45, 2.75) is 32.9 Å². The number of nitrogens with zero attached hydrogens (tertiary/aromatic N) is 2. The van der Waals surface area contributed by atoms with Crippen LogP contribution in [0.25, 0.3) is 10.9 Å². The summed E-state index contributed by atoms with van der Waals surface area (Å²) in [6, 6.07) is 8.19. The number of alkyl halides is 3. The fourth-order valence-corrected chi connectivity index (χ4v) is 3.48. The van der Waals surface area contributed by atoms with Gasteiger partial charge >= 0.3 is 6.18 Å². The lowest BCUT2D eigenvalue weighted by atomic mass is 10.1. The maximum atomic E-state index is 14.1. The summed E-state index contributed by atoms with van der Waals surface area (Å²) in [5.41, 5.74) is -0.141. The second kappa shape index (κ2) is 8.77. The molecule has 4 nitrogen and oxygen atoms in total. The van der Waals surface area contributed by atoms with E-state index in [-0.39, 0.29) is 28.2 Å². The van der Waals surface area contributed by atoms with Gasteiger partial charge in [-0.05, 0) is 43.2 Å². The number of aliphatic imine (C=N–C) groups is 1. The number of rotatable bonds is 7. The molecule has 8 heteroatoms. The van der Waals surface area contributed by atoms with Gasteiger partial charge in [0.25, 0.3) is 0 Å². The van der Waals surface area contributed by atoms with E-state index >= 15 is 0 Å². The quantitative estimate of drug-likeness (QED) is 0.342. The molecule has 0 aliphatic carbocycles. The van der Waals surface area contributed by atoms with Crippen LogP contribution in [0.3, 0.4) is 0 Å². The monoisotopic (exact) mass is 421 g/mol. The Labute approximate surface area is 171 Å². The molecule has 0 saturated heterocycles. The first kappa shape index (κ1) is 21.7. The van der Waals surface area contributed by atoms with Gasteiger partial charge in [-0.25, -0.2) is 4.39 Å². The Morgan fingerprint density at radius 2 is 1.80 bits per heavy atom. The van der Waals surface area contributed by atoms with Gasteiger partial charge in [0.05, 0.1) is 22.3 Å². The van der Waals surface area contributed by atoms with Crippen molar-refractivity contribution in [3.8, 4) is 5.88 Å². The van der Waals surface area contributed by atoms with Crippen LogP contribution >= 0.6 is 0 Å². The molecule has 30 heavy (non-hydrogen) atoms. The lowest BCUT2D eigenvalue weighted by Crippen LogP contribution is -2.27. The van der Waals surface area contributed by atoms with Crippen LogP contribution in [0.1, 0.15) is 37.8 Å². The molecule has 1 heterocycles. The molecule has 0 spiro atoms. The zero-order valence-electron chi connectivity index (χ0n) is 16.7. The van der Waals surface area contributed by atoms with Crippen LogP contribution in [0.15, 0.2) is 41.4 Å². The zero-order chi connectivity index (χ0) is 21.9. The summed E-state index contributed by atoms with van der Waals surface area (Å²) in [6.07, 6.45) is -1.93. The number of aromatic nitrogens is 1. The number of aromatic hydroxyl groups is 1. The van der Waals surface area contributed by atoms with Crippen LogP contribution < -0.4 is 4.90 Å². The molecule has 0 bridgehead atoms. The maximum Gasteiger partial charge on any atom is 0.418 e. The third-order valence-electron chi connectivity index (χ3n) is 4.75. The minimum Gasteiger partial charge on any atom is -0.494 e. The van der Waals surface area contributed by atoms with Crippen molar-refractivity contribution in [2.75, 3.05) is 18.0 Å². The number of hydrogen-bond donors (Lipinski definition) is 2. The number of halogens is 4. The van der Waals surface area contributed by atoms with Crippen LogP contribution in [0.2, 0.25) is 0 Å². The number of benzene rings is 2. The van der Waals surface area contributed by atoms with E-state index in [0.29, 0.717) is 18.6 Å². The van der Waals surface area contributed by atoms with Crippen LogP contribution in [-0.2, 0) is 6.18 Å². The highest BCUT2D eigenvalue weighted by atomic mass is 19.4. The molecule has 1 aromatic heterocycles.